The molecule has 1 rings (SSSR count). The first-order valence-electron chi connectivity index (χ1n) is 5.59. The minimum Gasteiger partial charge on any atom is -0.351 e. The molecule has 0 aromatic carbocycles. The number of hydrogen-bond donors (Lipinski definition) is 1. The molecule has 0 aliphatic rings. The number of amides is 1. The number of nitrogens with one attached hydrogen (secondary N) is 1. The Hall–Kier alpha value is -1.38. The van der Waals surface area contributed by atoms with Crippen LogP contribution in [0.2, 0.25) is 0 Å². The second-order valence-corrected chi connectivity index (χ2v) is 5.19. The first-order chi connectivity index (χ1) is 7.38. The van der Waals surface area contributed by atoms with Crippen LogP contribution in [0.5, 0.6) is 0 Å². The molecule has 3 heteroatoms. The topological polar surface area (TPSA) is 42.0 Å². The van der Waals surface area contributed by atoms with Gasteiger partial charge in [-0.15, -0.1) is 0 Å². The monoisotopic (exact) mass is 220 g/mol. The summed E-state index contributed by atoms with van der Waals surface area (Å²) in [6.45, 7) is 8.00. The van der Waals surface area contributed by atoms with Gasteiger partial charge in [-0.25, -0.2) is 0 Å². The zero-order valence-corrected chi connectivity index (χ0v) is 10.4. The number of aromatic nitrogens is 1. The van der Waals surface area contributed by atoms with Gasteiger partial charge in [0.25, 0.3) is 0 Å². The third-order valence-corrected chi connectivity index (χ3v) is 2.26. The summed E-state index contributed by atoms with van der Waals surface area (Å²) in [5.41, 5.74) is 0.942. The highest BCUT2D eigenvalue weighted by atomic mass is 16.1. The molecule has 1 unspecified atom stereocenters. The molecule has 1 aromatic rings. The van der Waals surface area contributed by atoms with Gasteiger partial charge in [0.1, 0.15) is 0 Å². The van der Waals surface area contributed by atoms with Crippen molar-refractivity contribution in [2.24, 2.45) is 0 Å². The van der Waals surface area contributed by atoms with Gasteiger partial charge in [-0.3, -0.25) is 9.78 Å². The van der Waals surface area contributed by atoms with E-state index in [0.717, 1.165) is 5.56 Å². The predicted octanol–water partition coefficient (Wildman–Crippen LogP) is 2.49. The Morgan fingerprint density at radius 1 is 1.50 bits per heavy atom. The van der Waals surface area contributed by atoms with Crippen LogP contribution in [0.15, 0.2) is 24.5 Å². The maximum absolute atomic E-state index is 11.7. The molecular formula is C13H20N2O. The highest BCUT2D eigenvalue weighted by molar-refractivity contribution is 5.77. The zero-order valence-electron chi connectivity index (χ0n) is 10.4. The van der Waals surface area contributed by atoms with Gasteiger partial charge in [0.2, 0.25) is 5.91 Å². The van der Waals surface area contributed by atoms with E-state index in [0.29, 0.717) is 6.42 Å². The van der Waals surface area contributed by atoms with Crippen LogP contribution in [0, 0.1) is 0 Å². The molecule has 0 radical (unpaired) electrons. The van der Waals surface area contributed by atoms with Gasteiger partial charge in [-0.2, -0.15) is 0 Å². The summed E-state index contributed by atoms with van der Waals surface area (Å²) in [5.74, 6) is 0.292. The van der Waals surface area contributed by atoms with E-state index in [1.54, 1.807) is 6.20 Å². The van der Waals surface area contributed by atoms with Gasteiger partial charge in [0.05, 0.1) is 0 Å². The van der Waals surface area contributed by atoms with Crippen molar-refractivity contribution in [1.82, 2.24) is 10.3 Å². The van der Waals surface area contributed by atoms with Crippen LogP contribution < -0.4 is 5.32 Å². The quantitative estimate of drug-likeness (QED) is 0.850. The first-order valence-corrected chi connectivity index (χ1v) is 5.59. The molecular weight excluding hydrogens is 200 g/mol. The molecule has 0 saturated carbocycles. The van der Waals surface area contributed by atoms with E-state index in [4.69, 9.17) is 0 Å². The minimum absolute atomic E-state index is 0.0869. The predicted molar refractivity (Wildman–Crippen MR) is 65.2 cm³/mol. The van der Waals surface area contributed by atoms with Crippen LogP contribution in [0.3, 0.4) is 0 Å². The van der Waals surface area contributed by atoms with E-state index in [1.165, 1.54) is 0 Å². The maximum atomic E-state index is 11.7. The molecule has 1 amide bonds. The van der Waals surface area contributed by atoms with Gasteiger partial charge in [0.15, 0.2) is 0 Å². The van der Waals surface area contributed by atoms with Crippen LogP contribution in [0.1, 0.15) is 45.6 Å². The molecule has 1 aromatic heterocycles. The van der Waals surface area contributed by atoms with Gasteiger partial charge >= 0.3 is 0 Å². The molecule has 0 aliphatic carbocycles. The Balaban J connectivity index is 2.52. The third-order valence-electron chi connectivity index (χ3n) is 2.26. The molecule has 0 saturated heterocycles. The largest absolute Gasteiger partial charge is 0.351 e. The lowest BCUT2D eigenvalue weighted by atomic mass is 9.98. The average Bonchev–Trinajstić information content (AvgIpc) is 2.16. The van der Waals surface area contributed by atoms with Crippen LogP contribution in [-0.4, -0.2) is 16.4 Å². The molecule has 1 N–H and O–H groups in total. The molecule has 0 bridgehead atoms. The van der Waals surface area contributed by atoms with E-state index < -0.39 is 0 Å². The lowest BCUT2D eigenvalue weighted by Crippen LogP contribution is -2.40. The van der Waals surface area contributed by atoms with Crippen LogP contribution >= 0.6 is 0 Å². The fourth-order valence-corrected chi connectivity index (χ4v) is 1.53. The number of carbonyl (C=O) groups excluding carboxylic acids is 1. The van der Waals surface area contributed by atoms with Crippen LogP contribution in [0.25, 0.3) is 0 Å². The summed E-state index contributed by atoms with van der Waals surface area (Å²) in [5, 5.41) is 2.96. The van der Waals surface area contributed by atoms with Crippen molar-refractivity contribution < 1.29 is 4.79 Å². The van der Waals surface area contributed by atoms with Gasteiger partial charge in [-0.1, -0.05) is 13.0 Å². The molecule has 0 spiro atoms. The Labute approximate surface area is 97.3 Å². The Morgan fingerprint density at radius 3 is 2.69 bits per heavy atom. The van der Waals surface area contributed by atoms with Crippen molar-refractivity contribution in [3.05, 3.63) is 30.1 Å². The Bertz CT molecular complexity index is 341. The molecule has 1 heterocycles. The van der Waals surface area contributed by atoms with Crippen molar-refractivity contribution in [3.63, 3.8) is 0 Å². The van der Waals surface area contributed by atoms with E-state index in [1.807, 2.05) is 46.0 Å². The Kier molecular flexibility index (Phi) is 4.05. The van der Waals surface area contributed by atoms with E-state index >= 15 is 0 Å². The fourth-order valence-electron chi connectivity index (χ4n) is 1.53. The fraction of sp³-hybridized carbons (Fsp3) is 0.538. The number of nitrogens with zero attached hydrogens (tertiary/aromatic N) is 1. The summed E-state index contributed by atoms with van der Waals surface area (Å²) in [6, 6.07) is 3.90. The molecule has 88 valence electrons. The highest BCUT2D eigenvalue weighted by Crippen LogP contribution is 2.17. The summed E-state index contributed by atoms with van der Waals surface area (Å²) in [7, 11) is 0. The maximum Gasteiger partial charge on any atom is 0.220 e. The van der Waals surface area contributed by atoms with Crippen molar-refractivity contribution in [1.29, 1.82) is 0 Å². The Morgan fingerprint density at radius 2 is 2.19 bits per heavy atom. The van der Waals surface area contributed by atoms with Crippen molar-refractivity contribution in [2.75, 3.05) is 0 Å². The molecule has 1 atom stereocenters. The molecule has 3 nitrogen and oxygen atoms in total. The zero-order chi connectivity index (χ0) is 12.2. The van der Waals surface area contributed by atoms with Gasteiger partial charge < -0.3 is 5.32 Å². The van der Waals surface area contributed by atoms with Gasteiger partial charge in [-0.05, 0) is 38.3 Å². The minimum atomic E-state index is -0.161. The summed E-state index contributed by atoms with van der Waals surface area (Å²) >= 11 is 0. The van der Waals surface area contributed by atoms with E-state index in [9.17, 15) is 4.79 Å². The standard InChI is InChI=1S/C13H20N2O/c1-10(11-6-5-7-14-9-11)8-12(16)15-13(2,3)4/h5-7,9-10H,8H2,1-4H3,(H,15,16). The van der Waals surface area contributed by atoms with Crippen LogP contribution in [-0.2, 0) is 4.79 Å². The summed E-state index contributed by atoms with van der Waals surface area (Å²) < 4.78 is 0. The SMILES string of the molecule is CC(CC(=O)NC(C)(C)C)c1cccnc1. The first kappa shape index (κ1) is 12.7. The average molecular weight is 220 g/mol. The van der Waals surface area contributed by atoms with Gasteiger partial charge in [0, 0.05) is 24.4 Å². The highest BCUT2D eigenvalue weighted by Gasteiger charge is 2.16. The molecule has 16 heavy (non-hydrogen) atoms. The number of rotatable bonds is 3. The summed E-state index contributed by atoms with van der Waals surface area (Å²) in [6.07, 6.45) is 4.06. The normalized spacial score (nSPS) is 13.2. The number of hydrogen-bond acceptors (Lipinski definition) is 2. The smallest absolute Gasteiger partial charge is 0.220 e. The van der Waals surface area contributed by atoms with E-state index in [2.05, 4.69) is 10.3 Å². The van der Waals surface area contributed by atoms with Crippen molar-refractivity contribution in [2.45, 2.75) is 45.6 Å². The van der Waals surface area contributed by atoms with Crippen molar-refractivity contribution >= 4 is 5.91 Å². The second-order valence-electron chi connectivity index (χ2n) is 5.19. The van der Waals surface area contributed by atoms with E-state index in [-0.39, 0.29) is 17.4 Å². The number of carbonyl (C=O) groups is 1. The summed E-state index contributed by atoms with van der Waals surface area (Å²) in [4.78, 5) is 15.8. The lowest BCUT2D eigenvalue weighted by molar-refractivity contribution is -0.122. The molecule has 0 aliphatic heterocycles. The lowest BCUT2D eigenvalue weighted by Gasteiger charge is -2.21. The van der Waals surface area contributed by atoms with Crippen molar-refractivity contribution in [3.8, 4) is 0 Å². The number of pyridine rings is 1. The third kappa shape index (κ3) is 4.43. The molecule has 0 fully saturated rings. The second kappa shape index (κ2) is 5.10. The van der Waals surface area contributed by atoms with Crippen LogP contribution in [0.4, 0.5) is 0 Å².